The van der Waals surface area contributed by atoms with Gasteiger partial charge in [-0.2, -0.15) is 0 Å². The van der Waals surface area contributed by atoms with Gasteiger partial charge in [0.25, 0.3) is 0 Å². The van der Waals surface area contributed by atoms with Crippen molar-refractivity contribution in [2.75, 3.05) is 26.3 Å². The van der Waals surface area contributed by atoms with Crippen LogP contribution in [-0.4, -0.2) is 38.1 Å². The van der Waals surface area contributed by atoms with Gasteiger partial charge >= 0.3 is 0 Å². The van der Waals surface area contributed by atoms with Crippen LogP contribution in [0.15, 0.2) is 0 Å². The minimum atomic E-state index is -0.144. The quantitative estimate of drug-likeness (QED) is 0.564. The number of rotatable bonds is 8. The summed E-state index contributed by atoms with van der Waals surface area (Å²) in [5, 5.41) is 5.30. The molecule has 2 N–H and O–H groups in total. The Balaban J connectivity index is 3.27. The molecule has 5 nitrogen and oxygen atoms in total. The summed E-state index contributed by atoms with van der Waals surface area (Å²) in [7, 11) is 0. The minimum Gasteiger partial charge on any atom is -0.372 e. The zero-order valence-corrected chi connectivity index (χ0v) is 9.47. The van der Waals surface area contributed by atoms with E-state index in [2.05, 4.69) is 10.6 Å². The lowest BCUT2D eigenvalue weighted by molar-refractivity contribution is -0.126. The average molecular weight is 216 g/mol. The van der Waals surface area contributed by atoms with Crippen LogP contribution in [0.2, 0.25) is 0 Å². The van der Waals surface area contributed by atoms with Crippen LogP contribution in [0.3, 0.4) is 0 Å². The highest BCUT2D eigenvalue weighted by Crippen LogP contribution is 1.79. The van der Waals surface area contributed by atoms with Crippen molar-refractivity contribution < 1.29 is 14.3 Å². The SMILES string of the molecule is CCCOCC(=O)NCCNC(=O)CC. The Kier molecular flexibility index (Phi) is 8.76. The van der Waals surface area contributed by atoms with E-state index in [-0.39, 0.29) is 18.4 Å². The van der Waals surface area contributed by atoms with Crippen molar-refractivity contribution >= 4 is 11.8 Å². The molecule has 0 aromatic rings. The first-order valence-corrected chi connectivity index (χ1v) is 5.31. The summed E-state index contributed by atoms with van der Waals surface area (Å²) in [6, 6.07) is 0. The molecular weight excluding hydrogens is 196 g/mol. The molecule has 0 saturated carbocycles. The van der Waals surface area contributed by atoms with Crippen LogP contribution in [0.25, 0.3) is 0 Å². The smallest absolute Gasteiger partial charge is 0.246 e. The molecule has 0 aliphatic heterocycles. The summed E-state index contributed by atoms with van der Waals surface area (Å²) in [5.41, 5.74) is 0. The van der Waals surface area contributed by atoms with Crippen molar-refractivity contribution in [3.05, 3.63) is 0 Å². The molecular formula is C10H20N2O3. The first-order chi connectivity index (χ1) is 7.20. The second kappa shape index (κ2) is 9.45. The Hall–Kier alpha value is -1.10. The Labute approximate surface area is 90.6 Å². The molecule has 0 aliphatic carbocycles. The minimum absolute atomic E-state index is 0.00789. The summed E-state index contributed by atoms with van der Waals surface area (Å²) in [6.45, 7) is 5.37. The van der Waals surface area contributed by atoms with E-state index in [1.165, 1.54) is 0 Å². The van der Waals surface area contributed by atoms with Crippen LogP contribution in [0.5, 0.6) is 0 Å². The highest BCUT2D eigenvalue weighted by atomic mass is 16.5. The third-order valence-corrected chi connectivity index (χ3v) is 1.67. The molecule has 15 heavy (non-hydrogen) atoms. The standard InChI is InChI=1S/C10H20N2O3/c1-3-7-15-8-10(14)12-6-5-11-9(13)4-2/h3-8H2,1-2H3,(H,11,13)(H,12,14). The fourth-order valence-electron chi connectivity index (χ4n) is 0.889. The third-order valence-electron chi connectivity index (χ3n) is 1.67. The molecule has 88 valence electrons. The highest BCUT2D eigenvalue weighted by molar-refractivity contribution is 5.77. The third kappa shape index (κ3) is 9.21. The first kappa shape index (κ1) is 13.9. The molecule has 2 amide bonds. The fraction of sp³-hybridized carbons (Fsp3) is 0.800. The normalized spacial score (nSPS) is 9.73. The number of carbonyl (C=O) groups excluding carboxylic acids is 2. The maximum atomic E-state index is 11.1. The molecule has 0 radical (unpaired) electrons. The monoisotopic (exact) mass is 216 g/mol. The van der Waals surface area contributed by atoms with Gasteiger partial charge in [-0.1, -0.05) is 13.8 Å². The number of hydrogen-bond acceptors (Lipinski definition) is 3. The number of nitrogens with one attached hydrogen (secondary N) is 2. The summed E-state index contributed by atoms with van der Waals surface area (Å²) in [6.07, 6.45) is 1.37. The summed E-state index contributed by atoms with van der Waals surface area (Å²) >= 11 is 0. The van der Waals surface area contributed by atoms with Crippen LogP contribution in [0.4, 0.5) is 0 Å². The van der Waals surface area contributed by atoms with Crippen molar-refractivity contribution in [3.8, 4) is 0 Å². The van der Waals surface area contributed by atoms with E-state index in [0.29, 0.717) is 26.1 Å². The number of amides is 2. The second-order valence-corrected chi connectivity index (χ2v) is 3.11. The lowest BCUT2D eigenvalue weighted by Gasteiger charge is -2.06. The molecule has 0 bridgehead atoms. The lowest BCUT2D eigenvalue weighted by atomic mass is 10.4. The maximum absolute atomic E-state index is 11.1. The topological polar surface area (TPSA) is 67.4 Å². The molecule has 0 fully saturated rings. The van der Waals surface area contributed by atoms with Gasteiger partial charge in [0.2, 0.25) is 11.8 Å². The summed E-state index contributed by atoms with van der Waals surface area (Å²) in [4.78, 5) is 21.9. The molecule has 0 heterocycles. The second-order valence-electron chi connectivity index (χ2n) is 3.11. The van der Waals surface area contributed by atoms with Crippen molar-refractivity contribution in [2.45, 2.75) is 26.7 Å². The zero-order chi connectivity index (χ0) is 11.5. The molecule has 0 aliphatic rings. The Morgan fingerprint density at radius 3 is 2.20 bits per heavy atom. The van der Waals surface area contributed by atoms with E-state index in [4.69, 9.17) is 4.74 Å². The van der Waals surface area contributed by atoms with Crippen LogP contribution >= 0.6 is 0 Å². The van der Waals surface area contributed by atoms with Crippen molar-refractivity contribution in [2.24, 2.45) is 0 Å². The van der Waals surface area contributed by atoms with Crippen molar-refractivity contribution in [1.82, 2.24) is 10.6 Å². The van der Waals surface area contributed by atoms with E-state index in [1.54, 1.807) is 6.92 Å². The Morgan fingerprint density at radius 2 is 1.67 bits per heavy atom. The van der Waals surface area contributed by atoms with Gasteiger partial charge in [-0.3, -0.25) is 9.59 Å². The first-order valence-electron chi connectivity index (χ1n) is 5.31. The Morgan fingerprint density at radius 1 is 1.07 bits per heavy atom. The molecule has 0 aromatic carbocycles. The van der Waals surface area contributed by atoms with E-state index in [0.717, 1.165) is 6.42 Å². The van der Waals surface area contributed by atoms with Gasteiger partial charge in [-0.25, -0.2) is 0 Å². The highest BCUT2D eigenvalue weighted by Gasteiger charge is 2.00. The summed E-state index contributed by atoms with van der Waals surface area (Å²) in [5.74, 6) is -0.152. The van der Waals surface area contributed by atoms with Crippen LogP contribution in [0.1, 0.15) is 26.7 Å². The fourth-order valence-corrected chi connectivity index (χ4v) is 0.889. The molecule has 0 saturated heterocycles. The van der Waals surface area contributed by atoms with Crippen LogP contribution in [0, 0.1) is 0 Å². The number of hydrogen-bond donors (Lipinski definition) is 2. The van der Waals surface area contributed by atoms with Gasteiger partial charge in [-0.15, -0.1) is 0 Å². The molecule has 5 heteroatoms. The zero-order valence-electron chi connectivity index (χ0n) is 9.47. The largest absolute Gasteiger partial charge is 0.372 e. The lowest BCUT2D eigenvalue weighted by Crippen LogP contribution is -2.36. The van der Waals surface area contributed by atoms with Crippen LogP contribution < -0.4 is 10.6 Å². The van der Waals surface area contributed by atoms with Gasteiger partial charge in [-0.05, 0) is 6.42 Å². The van der Waals surface area contributed by atoms with E-state index < -0.39 is 0 Å². The van der Waals surface area contributed by atoms with E-state index in [1.807, 2.05) is 6.92 Å². The van der Waals surface area contributed by atoms with E-state index >= 15 is 0 Å². The molecule has 0 spiro atoms. The number of carbonyl (C=O) groups is 2. The average Bonchev–Trinajstić information content (AvgIpc) is 2.24. The van der Waals surface area contributed by atoms with Gasteiger partial charge < -0.3 is 15.4 Å². The van der Waals surface area contributed by atoms with Gasteiger partial charge in [0.1, 0.15) is 6.61 Å². The predicted octanol–water partition coefficient (Wildman–Crippen LogP) is 0.0554. The van der Waals surface area contributed by atoms with Crippen molar-refractivity contribution in [3.63, 3.8) is 0 Å². The molecule has 0 unspecified atom stereocenters. The van der Waals surface area contributed by atoms with Gasteiger partial charge in [0, 0.05) is 26.1 Å². The van der Waals surface area contributed by atoms with Crippen molar-refractivity contribution in [1.29, 1.82) is 0 Å². The predicted molar refractivity (Wildman–Crippen MR) is 57.4 cm³/mol. The molecule has 0 rings (SSSR count). The Bertz CT molecular complexity index is 195. The van der Waals surface area contributed by atoms with E-state index in [9.17, 15) is 9.59 Å². The summed E-state index contributed by atoms with van der Waals surface area (Å²) < 4.78 is 5.04. The number of ether oxygens (including phenoxy) is 1. The van der Waals surface area contributed by atoms with Crippen LogP contribution in [-0.2, 0) is 14.3 Å². The molecule has 0 aromatic heterocycles. The molecule has 0 atom stereocenters. The maximum Gasteiger partial charge on any atom is 0.246 e. The van der Waals surface area contributed by atoms with Gasteiger partial charge in [0.05, 0.1) is 0 Å². The van der Waals surface area contributed by atoms with Gasteiger partial charge in [0.15, 0.2) is 0 Å².